The van der Waals surface area contributed by atoms with Crippen molar-refractivity contribution in [2.75, 3.05) is 13.7 Å². The van der Waals surface area contributed by atoms with E-state index in [1.807, 2.05) is 12.1 Å². The van der Waals surface area contributed by atoms with Crippen LogP contribution in [0.5, 0.6) is 5.75 Å². The average Bonchev–Trinajstić information content (AvgIpc) is 2.76. The maximum Gasteiger partial charge on any atom is 0.267 e. The predicted octanol–water partition coefficient (Wildman–Crippen LogP) is 3.25. The molecule has 0 spiro atoms. The molecule has 0 fully saturated rings. The fraction of sp³-hybridized carbons (Fsp3) is 0.136. The van der Waals surface area contributed by atoms with Crippen molar-refractivity contribution in [1.82, 2.24) is 9.29 Å². The number of aromatic nitrogens is 1. The number of nitrogens with zero attached hydrogens (tertiary/aromatic N) is 3. The van der Waals surface area contributed by atoms with Crippen LogP contribution in [0.1, 0.15) is 15.9 Å². The number of ether oxygens (including phenoxy) is 1. The first-order valence-corrected chi connectivity index (χ1v) is 10.7. The van der Waals surface area contributed by atoms with Crippen LogP contribution in [-0.4, -0.2) is 43.0 Å². The Kier molecular flexibility index (Phi) is 5.33. The van der Waals surface area contributed by atoms with Crippen molar-refractivity contribution < 1.29 is 17.9 Å². The van der Waals surface area contributed by atoms with Crippen LogP contribution in [0.15, 0.2) is 82.9 Å². The van der Waals surface area contributed by atoms with Crippen LogP contribution >= 0.6 is 0 Å². The maximum absolute atomic E-state index is 12.6. The second-order valence-corrected chi connectivity index (χ2v) is 8.67. The van der Waals surface area contributed by atoms with E-state index in [0.29, 0.717) is 23.4 Å². The van der Waals surface area contributed by atoms with Crippen molar-refractivity contribution in [3.8, 4) is 5.75 Å². The zero-order valence-electron chi connectivity index (χ0n) is 16.2. The first kappa shape index (κ1) is 19.8. The molecule has 1 aliphatic heterocycles. The average molecular weight is 421 g/mol. The molecule has 0 bridgehead atoms. The summed E-state index contributed by atoms with van der Waals surface area (Å²) in [4.78, 5) is 20.9. The van der Waals surface area contributed by atoms with E-state index < -0.39 is 10.0 Å². The Morgan fingerprint density at radius 3 is 2.43 bits per heavy atom. The van der Waals surface area contributed by atoms with Crippen LogP contribution in [0.3, 0.4) is 0 Å². The second-order valence-electron chi connectivity index (χ2n) is 6.74. The summed E-state index contributed by atoms with van der Waals surface area (Å²) in [6.45, 7) is -0.0195. The minimum atomic E-state index is -3.65. The van der Waals surface area contributed by atoms with Gasteiger partial charge in [0.25, 0.3) is 10.0 Å². The molecule has 7 nitrogen and oxygen atoms in total. The summed E-state index contributed by atoms with van der Waals surface area (Å²) in [6, 6.07) is 17.0. The third-order valence-corrected chi connectivity index (χ3v) is 6.61. The SMILES string of the molecule is CN1C(COc2ccc(C(=O)Cc3ccncc3)cc2)=Nc2ccccc2S1(=O)=O. The van der Waals surface area contributed by atoms with E-state index in [9.17, 15) is 13.2 Å². The van der Waals surface area contributed by atoms with Gasteiger partial charge in [-0.05, 0) is 54.1 Å². The molecule has 1 aromatic heterocycles. The lowest BCUT2D eigenvalue weighted by Crippen LogP contribution is -2.38. The van der Waals surface area contributed by atoms with Crippen molar-refractivity contribution in [1.29, 1.82) is 0 Å². The van der Waals surface area contributed by atoms with Crippen LogP contribution in [-0.2, 0) is 16.4 Å². The Bertz CT molecular complexity index is 1210. The lowest BCUT2D eigenvalue weighted by atomic mass is 10.0. The molecule has 152 valence electrons. The molecule has 0 saturated carbocycles. The van der Waals surface area contributed by atoms with Gasteiger partial charge in [-0.25, -0.2) is 13.4 Å². The van der Waals surface area contributed by atoms with Gasteiger partial charge in [0.15, 0.2) is 11.6 Å². The van der Waals surface area contributed by atoms with Crippen molar-refractivity contribution in [3.63, 3.8) is 0 Å². The smallest absolute Gasteiger partial charge is 0.267 e. The number of amidine groups is 1. The number of Topliss-reactive ketones (excluding diaryl/α,β-unsaturated/α-hetero) is 1. The van der Waals surface area contributed by atoms with Gasteiger partial charge in [0.05, 0.1) is 5.69 Å². The molecular formula is C22H19N3O4S. The molecule has 0 saturated heterocycles. The number of aliphatic imine (C=N–C) groups is 1. The molecule has 3 aromatic rings. The highest BCUT2D eigenvalue weighted by Crippen LogP contribution is 2.31. The number of carbonyl (C=O) groups excluding carboxylic acids is 1. The van der Waals surface area contributed by atoms with E-state index in [1.165, 1.54) is 13.1 Å². The topological polar surface area (TPSA) is 88.9 Å². The fourth-order valence-electron chi connectivity index (χ4n) is 3.06. The largest absolute Gasteiger partial charge is 0.486 e. The highest BCUT2D eigenvalue weighted by atomic mass is 32.2. The number of sulfonamides is 1. The van der Waals surface area contributed by atoms with Gasteiger partial charge in [0, 0.05) is 31.4 Å². The molecule has 8 heteroatoms. The lowest BCUT2D eigenvalue weighted by Gasteiger charge is -2.26. The molecule has 1 aliphatic rings. The number of hydrogen-bond donors (Lipinski definition) is 0. The summed E-state index contributed by atoms with van der Waals surface area (Å²) in [6.07, 6.45) is 3.61. The number of ketones is 1. The van der Waals surface area contributed by atoms with E-state index in [-0.39, 0.29) is 23.1 Å². The minimum absolute atomic E-state index is 0.00756. The Balaban J connectivity index is 1.44. The molecule has 4 rings (SSSR count). The summed E-state index contributed by atoms with van der Waals surface area (Å²) in [5, 5.41) is 0. The van der Waals surface area contributed by atoms with Gasteiger partial charge in [-0.2, -0.15) is 0 Å². The van der Waals surface area contributed by atoms with Gasteiger partial charge in [-0.3, -0.25) is 14.1 Å². The number of carbonyl (C=O) groups is 1. The number of para-hydroxylation sites is 1. The van der Waals surface area contributed by atoms with E-state index in [2.05, 4.69) is 9.98 Å². The van der Waals surface area contributed by atoms with Gasteiger partial charge in [-0.15, -0.1) is 0 Å². The zero-order valence-corrected chi connectivity index (χ0v) is 17.0. The van der Waals surface area contributed by atoms with Gasteiger partial charge in [0.1, 0.15) is 17.3 Å². The maximum atomic E-state index is 12.6. The molecule has 0 aliphatic carbocycles. The standard InChI is InChI=1S/C22H19N3O4S/c1-25-22(24-19-4-2-3-5-21(19)30(25,27)28)15-29-18-8-6-17(7-9-18)20(26)14-16-10-12-23-13-11-16/h2-13H,14-15H2,1H3. The monoisotopic (exact) mass is 421 g/mol. The zero-order chi connectivity index (χ0) is 21.1. The van der Waals surface area contributed by atoms with Crippen molar-refractivity contribution in [3.05, 3.63) is 84.2 Å². The first-order chi connectivity index (χ1) is 14.4. The van der Waals surface area contributed by atoms with Gasteiger partial charge in [-0.1, -0.05) is 12.1 Å². The molecule has 0 radical (unpaired) electrons. The summed E-state index contributed by atoms with van der Waals surface area (Å²) >= 11 is 0. The van der Waals surface area contributed by atoms with Gasteiger partial charge >= 0.3 is 0 Å². The Labute approximate surface area is 174 Å². The molecule has 30 heavy (non-hydrogen) atoms. The first-order valence-electron chi connectivity index (χ1n) is 9.25. The van der Waals surface area contributed by atoms with E-state index in [4.69, 9.17) is 4.74 Å². The van der Waals surface area contributed by atoms with Crippen molar-refractivity contribution in [2.24, 2.45) is 4.99 Å². The van der Waals surface area contributed by atoms with Crippen LogP contribution in [0.2, 0.25) is 0 Å². The normalized spacial score (nSPS) is 14.6. The van der Waals surface area contributed by atoms with E-state index >= 15 is 0 Å². The summed E-state index contributed by atoms with van der Waals surface area (Å²) in [5.74, 6) is 0.793. The Hall–Kier alpha value is -3.52. The summed E-state index contributed by atoms with van der Waals surface area (Å²) in [7, 11) is -2.20. The highest BCUT2D eigenvalue weighted by molar-refractivity contribution is 7.90. The molecule has 0 N–H and O–H groups in total. The lowest BCUT2D eigenvalue weighted by molar-refractivity contribution is 0.0993. The number of benzene rings is 2. The molecule has 0 atom stereocenters. The van der Waals surface area contributed by atoms with Crippen molar-refractivity contribution >= 4 is 27.3 Å². The minimum Gasteiger partial charge on any atom is -0.486 e. The number of likely N-dealkylation sites (N-methyl/N-ethyl adjacent to an activating group) is 1. The van der Waals surface area contributed by atoms with E-state index in [0.717, 1.165) is 9.87 Å². The fourth-order valence-corrected chi connectivity index (χ4v) is 4.35. The molecule has 2 heterocycles. The summed E-state index contributed by atoms with van der Waals surface area (Å²) < 4.78 is 32.1. The predicted molar refractivity (Wildman–Crippen MR) is 113 cm³/mol. The molecule has 0 amide bonds. The third kappa shape index (κ3) is 3.95. The molecule has 2 aromatic carbocycles. The third-order valence-electron chi connectivity index (χ3n) is 4.77. The van der Waals surface area contributed by atoms with Gasteiger partial charge in [0.2, 0.25) is 0 Å². The number of rotatable bonds is 6. The molecular weight excluding hydrogens is 402 g/mol. The van der Waals surface area contributed by atoms with E-state index in [1.54, 1.807) is 54.9 Å². The van der Waals surface area contributed by atoms with Crippen LogP contribution < -0.4 is 4.74 Å². The quantitative estimate of drug-likeness (QED) is 0.570. The van der Waals surface area contributed by atoms with Crippen LogP contribution in [0.25, 0.3) is 0 Å². The molecule has 0 unspecified atom stereocenters. The van der Waals surface area contributed by atoms with Crippen LogP contribution in [0, 0.1) is 0 Å². The highest BCUT2D eigenvalue weighted by Gasteiger charge is 2.31. The Morgan fingerprint density at radius 1 is 1.00 bits per heavy atom. The number of pyridine rings is 1. The van der Waals surface area contributed by atoms with Crippen LogP contribution in [0.4, 0.5) is 5.69 Å². The Morgan fingerprint density at radius 2 is 1.70 bits per heavy atom. The van der Waals surface area contributed by atoms with Crippen molar-refractivity contribution in [2.45, 2.75) is 11.3 Å². The number of fused-ring (bicyclic) bond motifs is 1. The summed E-state index contributed by atoms with van der Waals surface area (Å²) in [5.41, 5.74) is 1.87. The number of hydrogen-bond acceptors (Lipinski definition) is 6. The van der Waals surface area contributed by atoms with Gasteiger partial charge < -0.3 is 4.74 Å². The second kappa shape index (κ2) is 8.08.